The SMILES string of the molecule is COC1CC(=O)O[C@H](CCC2C(C)C=CC3=C[C@H](C)C[C@H](OCP(C)(=O)OPC)C32)C1. The van der Waals surface area contributed by atoms with Gasteiger partial charge in [0.05, 0.1) is 18.6 Å². The van der Waals surface area contributed by atoms with Gasteiger partial charge >= 0.3 is 5.97 Å². The monoisotopic (exact) mass is 472 g/mol. The molecule has 0 amide bonds. The van der Waals surface area contributed by atoms with Crippen molar-refractivity contribution in [2.24, 2.45) is 23.7 Å². The van der Waals surface area contributed by atoms with Crippen LogP contribution in [0.5, 0.6) is 0 Å². The number of cyclic esters (lactones) is 1. The van der Waals surface area contributed by atoms with Crippen LogP contribution in [-0.2, 0) is 27.9 Å². The number of allylic oxidation sites excluding steroid dienone is 3. The molecule has 0 aromatic carbocycles. The highest BCUT2D eigenvalue weighted by molar-refractivity contribution is 7.63. The van der Waals surface area contributed by atoms with E-state index in [1.54, 1.807) is 13.8 Å². The van der Waals surface area contributed by atoms with Gasteiger partial charge in [-0.25, -0.2) is 0 Å². The maximum atomic E-state index is 12.6. The Morgan fingerprint density at radius 1 is 1.26 bits per heavy atom. The molecule has 3 aliphatic rings. The fourth-order valence-electron chi connectivity index (χ4n) is 5.30. The quantitative estimate of drug-likeness (QED) is 0.331. The highest BCUT2D eigenvalue weighted by atomic mass is 31.2. The largest absolute Gasteiger partial charge is 0.462 e. The van der Waals surface area contributed by atoms with Crippen LogP contribution in [0.1, 0.15) is 46.0 Å². The molecule has 176 valence electrons. The van der Waals surface area contributed by atoms with Crippen LogP contribution in [0.2, 0.25) is 0 Å². The van der Waals surface area contributed by atoms with Gasteiger partial charge in [0.25, 0.3) is 0 Å². The highest BCUT2D eigenvalue weighted by Gasteiger charge is 2.41. The Kier molecular flexibility index (Phi) is 8.97. The first-order valence-corrected chi connectivity index (χ1v) is 15.0. The highest BCUT2D eigenvalue weighted by Crippen LogP contribution is 2.50. The van der Waals surface area contributed by atoms with Crippen LogP contribution in [0.4, 0.5) is 0 Å². The number of hydrogen-bond donors (Lipinski definition) is 0. The van der Waals surface area contributed by atoms with Crippen molar-refractivity contribution < 1.29 is 27.9 Å². The number of methoxy groups -OCH3 is 1. The van der Waals surface area contributed by atoms with E-state index < -0.39 is 7.37 Å². The van der Waals surface area contributed by atoms with Gasteiger partial charge in [-0.15, -0.1) is 0 Å². The Hall–Kier alpha value is -0.510. The molecule has 0 bridgehead atoms. The molecule has 9 atom stereocenters. The zero-order valence-electron chi connectivity index (χ0n) is 19.4. The van der Waals surface area contributed by atoms with Crippen molar-refractivity contribution in [1.82, 2.24) is 0 Å². The van der Waals surface area contributed by atoms with Gasteiger partial charge in [0.2, 0.25) is 7.37 Å². The molecule has 8 heteroatoms. The second kappa shape index (κ2) is 11.1. The molecule has 6 unspecified atom stereocenters. The first-order valence-electron chi connectivity index (χ1n) is 11.4. The van der Waals surface area contributed by atoms with Gasteiger partial charge in [0.15, 0.2) is 0 Å². The van der Waals surface area contributed by atoms with E-state index in [4.69, 9.17) is 18.5 Å². The van der Waals surface area contributed by atoms with E-state index in [1.807, 2.05) is 6.66 Å². The van der Waals surface area contributed by atoms with Crippen LogP contribution in [0.25, 0.3) is 0 Å². The van der Waals surface area contributed by atoms with Gasteiger partial charge in [-0.2, -0.15) is 0 Å². The van der Waals surface area contributed by atoms with E-state index in [9.17, 15) is 9.36 Å². The predicted octanol–water partition coefficient (Wildman–Crippen LogP) is 5.38. The summed E-state index contributed by atoms with van der Waals surface area (Å²) >= 11 is 0. The number of esters is 1. The Bertz CT molecular complexity index is 736. The standard InChI is InChI=1S/C23H38O6P2/c1-15-10-17-7-6-16(2)20(9-8-18-12-19(26-3)13-22(24)28-18)23(17)21(11-15)27-14-31(5,25)29-30-4/h6-7,10,15-16,18-21,23,30H,8-9,11-14H2,1-5H3/t15-,16?,18+,19?,20?,21-,23?,31?/m0/s1. The predicted molar refractivity (Wildman–Crippen MR) is 125 cm³/mol. The zero-order chi connectivity index (χ0) is 22.6. The summed E-state index contributed by atoms with van der Waals surface area (Å²) in [5.74, 6) is 1.31. The van der Waals surface area contributed by atoms with E-state index >= 15 is 0 Å². The van der Waals surface area contributed by atoms with Crippen molar-refractivity contribution in [3.63, 3.8) is 0 Å². The van der Waals surface area contributed by atoms with Gasteiger partial charge in [-0.3, -0.25) is 9.36 Å². The van der Waals surface area contributed by atoms with Crippen LogP contribution >= 0.6 is 16.2 Å². The van der Waals surface area contributed by atoms with Gasteiger partial charge in [-0.1, -0.05) is 32.1 Å². The fraction of sp³-hybridized carbons (Fsp3) is 0.783. The molecule has 0 spiro atoms. The number of hydrogen-bond acceptors (Lipinski definition) is 6. The minimum Gasteiger partial charge on any atom is -0.462 e. The van der Waals surface area contributed by atoms with Crippen molar-refractivity contribution in [2.75, 3.05) is 26.8 Å². The molecule has 6 nitrogen and oxygen atoms in total. The van der Waals surface area contributed by atoms with E-state index in [-0.39, 0.29) is 45.4 Å². The Balaban J connectivity index is 1.71. The Morgan fingerprint density at radius 2 is 2.03 bits per heavy atom. The summed E-state index contributed by atoms with van der Waals surface area (Å²) in [7, 11) is -0.881. The average Bonchev–Trinajstić information content (AvgIpc) is 2.71. The van der Waals surface area contributed by atoms with E-state index in [1.165, 1.54) is 5.57 Å². The van der Waals surface area contributed by atoms with Crippen LogP contribution in [-0.4, -0.2) is 51.1 Å². The molecule has 1 aliphatic heterocycles. The molecule has 0 aromatic rings. The number of carbonyl (C=O) groups excluding carboxylic acids is 1. The Labute approximate surface area is 188 Å². The maximum absolute atomic E-state index is 12.6. The minimum absolute atomic E-state index is 0.0186. The van der Waals surface area contributed by atoms with Crippen molar-refractivity contribution in [3.8, 4) is 0 Å². The summed E-state index contributed by atoms with van der Waals surface area (Å²) in [5.41, 5.74) is 1.33. The molecule has 31 heavy (non-hydrogen) atoms. The zero-order valence-corrected chi connectivity index (χ0v) is 21.3. The van der Waals surface area contributed by atoms with E-state index in [0.29, 0.717) is 24.2 Å². The summed E-state index contributed by atoms with van der Waals surface area (Å²) in [6.45, 7) is 8.01. The maximum Gasteiger partial charge on any atom is 0.308 e. The average molecular weight is 472 g/mol. The molecule has 0 aromatic heterocycles. The molecule has 2 aliphatic carbocycles. The third-order valence-corrected chi connectivity index (χ3v) is 9.67. The fourth-order valence-corrected chi connectivity index (χ4v) is 7.52. The first-order chi connectivity index (χ1) is 14.7. The van der Waals surface area contributed by atoms with Crippen LogP contribution in [0.3, 0.4) is 0 Å². The van der Waals surface area contributed by atoms with Gasteiger partial charge in [-0.05, 0) is 49.3 Å². The van der Waals surface area contributed by atoms with Crippen LogP contribution < -0.4 is 0 Å². The first kappa shape index (κ1) is 25.1. The van der Waals surface area contributed by atoms with Crippen molar-refractivity contribution in [2.45, 2.75) is 64.3 Å². The molecule has 0 saturated carbocycles. The van der Waals surface area contributed by atoms with E-state index in [0.717, 1.165) is 25.7 Å². The lowest BCUT2D eigenvalue weighted by Crippen LogP contribution is -2.41. The molecule has 1 heterocycles. The number of carbonyl (C=O) groups is 1. The van der Waals surface area contributed by atoms with Gasteiger partial charge < -0.3 is 18.5 Å². The van der Waals surface area contributed by atoms with Crippen molar-refractivity contribution in [3.05, 3.63) is 23.8 Å². The molecular weight excluding hydrogens is 434 g/mol. The molecule has 0 radical (unpaired) electrons. The Morgan fingerprint density at radius 3 is 2.74 bits per heavy atom. The lowest BCUT2D eigenvalue weighted by atomic mass is 9.65. The molecule has 3 rings (SSSR count). The summed E-state index contributed by atoms with van der Waals surface area (Å²) in [5, 5.41) is 0. The van der Waals surface area contributed by atoms with Gasteiger partial charge in [0.1, 0.15) is 12.5 Å². The third kappa shape index (κ3) is 6.74. The smallest absolute Gasteiger partial charge is 0.308 e. The molecule has 1 fully saturated rings. The second-order valence-electron chi connectivity index (χ2n) is 9.42. The molecule has 0 N–H and O–H groups in total. The van der Waals surface area contributed by atoms with Crippen LogP contribution in [0, 0.1) is 23.7 Å². The number of rotatable bonds is 9. The molecule has 1 saturated heterocycles. The van der Waals surface area contributed by atoms with Crippen molar-refractivity contribution in [1.29, 1.82) is 0 Å². The number of ether oxygens (including phenoxy) is 3. The normalized spacial score (nSPS) is 37.9. The van der Waals surface area contributed by atoms with E-state index in [2.05, 4.69) is 32.1 Å². The topological polar surface area (TPSA) is 71.1 Å². The minimum atomic E-state index is -2.73. The van der Waals surface area contributed by atoms with Gasteiger partial charge in [0, 0.05) is 34.9 Å². The lowest BCUT2D eigenvalue weighted by molar-refractivity contribution is -0.162. The molecular formula is C23H38O6P2. The van der Waals surface area contributed by atoms with Crippen molar-refractivity contribution >= 4 is 22.1 Å². The lowest BCUT2D eigenvalue weighted by Gasteiger charge is -2.44. The number of fused-ring (bicyclic) bond motifs is 1. The summed E-state index contributed by atoms with van der Waals surface area (Å²) in [4.78, 5) is 11.9. The summed E-state index contributed by atoms with van der Waals surface area (Å²) in [6, 6.07) is 0. The third-order valence-electron chi connectivity index (χ3n) is 6.78. The van der Waals surface area contributed by atoms with Crippen LogP contribution in [0.15, 0.2) is 23.8 Å². The summed E-state index contributed by atoms with van der Waals surface area (Å²) in [6.07, 6.45) is 10.7. The second-order valence-corrected chi connectivity index (χ2v) is 12.8. The summed E-state index contributed by atoms with van der Waals surface area (Å²) < 4.78 is 35.4.